The fourth-order valence-electron chi connectivity index (χ4n) is 2.33. The van der Waals surface area contributed by atoms with E-state index in [1.807, 2.05) is 35.0 Å². The van der Waals surface area contributed by atoms with Crippen LogP contribution in [0.15, 0.2) is 59.3 Å². The fourth-order valence-corrected chi connectivity index (χ4v) is 2.60. The van der Waals surface area contributed by atoms with E-state index in [0.29, 0.717) is 18.5 Å². The van der Waals surface area contributed by atoms with E-state index in [2.05, 4.69) is 20.9 Å². The second kappa shape index (κ2) is 6.40. The molecule has 22 heavy (non-hydrogen) atoms. The number of aromatic nitrogens is 2. The first kappa shape index (κ1) is 14.9. The molecule has 0 unspecified atom stereocenters. The van der Waals surface area contributed by atoms with Crippen molar-refractivity contribution in [2.45, 2.75) is 13.0 Å². The zero-order valence-electron chi connectivity index (χ0n) is 11.6. The van der Waals surface area contributed by atoms with Crippen LogP contribution >= 0.6 is 15.9 Å². The van der Waals surface area contributed by atoms with Crippen LogP contribution in [0.2, 0.25) is 0 Å². The van der Waals surface area contributed by atoms with Crippen molar-refractivity contribution < 1.29 is 8.78 Å². The van der Waals surface area contributed by atoms with Gasteiger partial charge in [-0.25, -0.2) is 13.8 Å². The van der Waals surface area contributed by atoms with Gasteiger partial charge in [-0.2, -0.15) is 0 Å². The van der Waals surface area contributed by atoms with Crippen molar-refractivity contribution >= 4 is 15.9 Å². The minimum absolute atomic E-state index is 0.389. The third-order valence-electron chi connectivity index (χ3n) is 3.35. The van der Waals surface area contributed by atoms with Crippen LogP contribution in [0.1, 0.15) is 17.0 Å². The first-order valence-electron chi connectivity index (χ1n) is 6.79. The van der Waals surface area contributed by atoms with Gasteiger partial charge >= 0.3 is 0 Å². The van der Waals surface area contributed by atoms with E-state index in [1.165, 1.54) is 12.1 Å². The SMILES string of the molecule is Fc1cc(F)cc(Cn2ccnc2Cc2ccc(Br)cc2)c1. The van der Waals surface area contributed by atoms with Gasteiger partial charge < -0.3 is 4.57 Å². The molecule has 0 aliphatic heterocycles. The highest BCUT2D eigenvalue weighted by Gasteiger charge is 2.07. The molecule has 3 aromatic rings. The van der Waals surface area contributed by atoms with Crippen molar-refractivity contribution in [3.63, 3.8) is 0 Å². The maximum atomic E-state index is 13.3. The van der Waals surface area contributed by atoms with Crippen LogP contribution < -0.4 is 0 Å². The van der Waals surface area contributed by atoms with E-state index < -0.39 is 11.6 Å². The van der Waals surface area contributed by atoms with E-state index >= 15 is 0 Å². The Morgan fingerprint density at radius 1 is 0.955 bits per heavy atom. The lowest BCUT2D eigenvalue weighted by Gasteiger charge is -2.09. The number of hydrogen-bond donors (Lipinski definition) is 0. The van der Waals surface area contributed by atoms with Crippen LogP contribution in [0.25, 0.3) is 0 Å². The molecule has 0 N–H and O–H groups in total. The second-order valence-electron chi connectivity index (χ2n) is 5.05. The summed E-state index contributed by atoms with van der Waals surface area (Å²) < 4.78 is 29.5. The summed E-state index contributed by atoms with van der Waals surface area (Å²) in [5.41, 5.74) is 1.70. The van der Waals surface area contributed by atoms with E-state index in [1.54, 1.807) is 6.20 Å². The number of hydrogen-bond acceptors (Lipinski definition) is 1. The number of imidazole rings is 1. The van der Waals surface area contributed by atoms with Crippen LogP contribution in [0, 0.1) is 11.6 Å². The molecule has 0 amide bonds. The fraction of sp³-hybridized carbons (Fsp3) is 0.118. The predicted octanol–water partition coefficient (Wildman–Crippen LogP) is 4.56. The summed E-state index contributed by atoms with van der Waals surface area (Å²) in [6.45, 7) is 0.389. The highest BCUT2D eigenvalue weighted by atomic mass is 79.9. The monoisotopic (exact) mass is 362 g/mol. The highest BCUT2D eigenvalue weighted by molar-refractivity contribution is 9.10. The Bertz CT molecular complexity index is 761. The molecule has 0 bridgehead atoms. The molecular weight excluding hydrogens is 350 g/mol. The standard InChI is InChI=1S/C17H13BrF2N2/c18-14-3-1-12(2-4-14)9-17-21-5-6-22(17)11-13-7-15(19)10-16(20)8-13/h1-8,10H,9,11H2. The van der Waals surface area contributed by atoms with Gasteiger partial charge in [0.2, 0.25) is 0 Å². The summed E-state index contributed by atoms with van der Waals surface area (Å²) in [7, 11) is 0. The Morgan fingerprint density at radius 3 is 2.32 bits per heavy atom. The Kier molecular flexibility index (Phi) is 4.34. The van der Waals surface area contributed by atoms with Crippen molar-refractivity contribution in [3.05, 3.63) is 87.9 Å². The Morgan fingerprint density at radius 2 is 1.64 bits per heavy atom. The van der Waals surface area contributed by atoms with E-state index in [9.17, 15) is 8.78 Å². The second-order valence-corrected chi connectivity index (χ2v) is 5.97. The van der Waals surface area contributed by atoms with E-state index in [-0.39, 0.29) is 0 Å². The number of nitrogens with zero attached hydrogens (tertiary/aromatic N) is 2. The lowest BCUT2D eigenvalue weighted by Crippen LogP contribution is -2.05. The molecule has 0 saturated heterocycles. The predicted molar refractivity (Wildman–Crippen MR) is 84.6 cm³/mol. The highest BCUT2D eigenvalue weighted by Crippen LogP contribution is 2.15. The summed E-state index contributed by atoms with van der Waals surface area (Å²) >= 11 is 3.40. The average Bonchev–Trinajstić information content (AvgIpc) is 2.87. The number of benzene rings is 2. The van der Waals surface area contributed by atoms with Gasteiger partial charge in [0, 0.05) is 35.9 Å². The molecule has 0 spiro atoms. The summed E-state index contributed by atoms with van der Waals surface area (Å²) in [5.74, 6) is -0.277. The summed E-state index contributed by atoms with van der Waals surface area (Å²) in [5, 5.41) is 0. The first-order chi connectivity index (χ1) is 10.6. The largest absolute Gasteiger partial charge is 0.330 e. The quantitative estimate of drug-likeness (QED) is 0.664. The maximum absolute atomic E-state index is 13.3. The van der Waals surface area contributed by atoms with Crippen molar-refractivity contribution in [1.82, 2.24) is 9.55 Å². The van der Waals surface area contributed by atoms with Gasteiger partial charge in [0.25, 0.3) is 0 Å². The molecule has 0 saturated carbocycles. The average molecular weight is 363 g/mol. The molecule has 2 nitrogen and oxygen atoms in total. The molecule has 3 rings (SSSR count). The third-order valence-corrected chi connectivity index (χ3v) is 3.88. The lowest BCUT2D eigenvalue weighted by atomic mass is 10.1. The van der Waals surface area contributed by atoms with Crippen LogP contribution in [0.3, 0.4) is 0 Å². The minimum atomic E-state index is -0.565. The van der Waals surface area contributed by atoms with Gasteiger partial charge in [-0.3, -0.25) is 0 Å². The molecule has 2 aromatic carbocycles. The molecule has 1 aromatic heterocycles. The topological polar surface area (TPSA) is 17.8 Å². The molecule has 0 atom stereocenters. The van der Waals surface area contributed by atoms with Crippen LogP contribution in [-0.2, 0) is 13.0 Å². The molecule has 112 valence electrons. The normalized spacial score (nSPS) is 10.9. The molecule has 5 heteroatoms. The molecule has 0 aliphatic carbocycles. The Labute approximate surface area is 135 Å². The van der Waals surface area contributed by atoms with Gasteiger partial charge in [0.15, 0.2) is 0 Å². The van der Waals surface area contributed by atoms with Crippen molar-refractivity contribution in [2.24, 2.45) is 0 Å². The number of rotatable bonds is 4. The zero-order chi connectivity index (χ0) is 15.5. The van der Waals surface area contributed by atoms with Crippen molar-refractivity contribution in [1.29, 1.82) is 0 Å². The molecular formula is C17H13BrF2N2. The molecule has 0 radical (unpaired) electrons. The van der Waals surface area contributed by atoms with Crippen LogP contribution in [-0.4, -0.2) is 9.55 Å². The van der Waals surface area contributed by atoms with Crippen LogP contribution in [0.4, 0.5) is 8.78 Å². The molecule has 0 fully saturated rings. The Hall–Kier alpha value is -2.01. The zero-order valence-corrected chi connectivity index (χ0v) is 13.2. The van der Waals surface area contributed by atoms with Gasteiger partial charge in [0.1, 0.15) is 17.5 Å². The van der Waals surface area contributed by atoms with Crippen molar-refractivity contribution in [3.8, 4) is 0 Å². The minimum Gasteiger partial charge on any atom is -0.330 e. The van der Waals surface area contributed by atoms with Gasteiger partial charge in [-0.05, 0) is 35.4 Å². The molecule has 1 heterocycles. The number of halogens is 3. The third kappa shape index (κ3) is 3.60. The summed E-state index contributed by atoms with van der Waals surface area (Å²) in [6.07, 6.45) is 4.18. The van der Waals surface area contributed by atoms with Crippen molar-refractivity contribution in [2.75, 3.05) is 0 Å². The van der Waals surface area contributed by atoms with Gasteiger partial charge in [-0.15, -0.1) is 0 Å². The maximum Gasteiger partial charge on any atom is 0.126 e. The van der Waals surface area contributed by atoms with Gasteiger partial charge in [-0.1, -0.05) is 28.1 Å². The van der Waals surface area contributed by atoms with E-state index in [0.717, 1.165) is 21.9 Å². The van der Waals surface area contributed by atoms with Gasteiger partial charge in [0.05, 0.1) is 0 Å². The smallest absolute Gasteiger partial charge is 0.126 e. The molecule has 0 aliphatic rings. The van der Waals surface area contributed by atoms with Crippen LogP contribution in [0.5, 0.6) is 0 Å². The van der Waals surface area contributed by atoms with E-state index in [4.69, 9.17) is 0 Å². The Balaban J connectivity index is 1.81. The summed E-state index contributed by atoms with van der Waals surface area (Å²) in [4.78, 5) is 4.34. The lowest BCUT2D eigenvalue weighted by molar-refractivity contribution is 0.576. The first-order valence-corrected chi connectivity index (χ1v) is 7.59. The summed E-state index contributed by atoms with van der Waals surface area (Å²) in [6, 6.07) is 11.5.